The molecule has 17 unspecified atom stereocenters. The van der Waals surface area contributed by atoms with E-state index in [1.54, 1.807) is 24.3 Å². The highest BCUT2D eigenvalue weighted by atomic mass is 31.2. The van der Waals surface area contributed by atoms with Crippen molar-refractivity contribution in [1.29, 1.82) is 5.26 Å². The molecule has 1 aromatic carbocycles. The zero-order chi connectivity index (χ0) is 97.0. The second-order valence-corrected chi connectivity index (χ2v) is 33.3. The van der Waals surface area contributed by atoms with Crippen molar-refractivity contribution in [2.24, 2.45) is 11.8 Å². The van der Waals surface area contributed by atoms with Crippen molar-refractivity contribution < 1.29 is 166 Å². The van der Waals surface area contributed by atoms with Crippen LogP contribution in [0.25, 0.3) is 0 Å². The van der Waals surface area contributed by atoms with Gasteiger partial charge in [-0.15, -0.1) is 0 Å². The summed E-state index contributed by atoms with van der Waals surface area (Å²) in [5.41, 5.74) is 1.23. The van der Waals surface area contributed by atoms with Gasteiger partial charge in [-0.3, -0.25) is 76.8 Å². The van der Waals surface area contributed by atoms with Crippen molar-refractivity contribution in [3.8, 4) is 6.07 Å². The maximum Gasteiger partial charge on any atom is 0.303 e. The summed E-state index contributed by atoms with van der Waals surface area (Å²) in [5.74, 6) is -11.7. The normalized spacial score (nSPS) is 24.0. The molecule has 3 saturated heterocycles. The summed E-state index contributed by atoms with van der Waals surface area (Å²) in [6, 6.07) is 4.22. The fraction of sp³-hybridized carbons (Fsp3) is 0.729. The third-order valence-corrected chi connectivity index (χ3v) is 22.3. The summed E-state index contributed by atoms with van der Waals surface area (Å²) in [7, 11) is -1.49. The second-order valence-electron chi connectivity index (χ2n) is 31.9. The SMILES string of the molecule is CC(=O)CC1C(COC(C)=O)OC(OCCOCCNC(=O)CN(CC(=O)NCCOCCOC2OC(COC(C)=O)C(OC(C)=O)C(OC(C)=O)C2NC(C)=O)C(Cc2ccc(CNC(=O)C3CCC(OP(OCCC#N)N(C(C)C)C(C)C)CC3)cc2)C(=O)NCCOCCOC2OC(COC(C)=O)C(OC(C)=O)C(OC(C)=O)C2NC(C)=O)C(NC(C)=O)C1OC(C)=O. The summed E-state index contributed by atoms with van der Waals surface area (Å²) in [4.78, 5) is 207. The number of nitrogens with zero attached hydrogens (tertiary/aromatic N) is 3. The molecule has 0 radical (unpaired) electrons. The van der Waals surface area contributed by atoms with Crippen molar-refractivity contribution in [3.63, 3.8) is 0 Å². The smallest absolute Gasteiger partial charge is 0.303 e. The standard InChI is InChI=1S/C85H131N10O35P/c1-48(2)95(49(3)4)131(121-30-17-26-86)130-65-24-22-64(23-25-65)81(110)90-42-63-20-18-62(19-21-63)41-67(82(111)89-29-33-114-36-39-117-85-75(93-53(8)99)80(126-61(16)107)78(124-59(14)105)70(129-85)47-120-56(11)102)94(43-71(108)87-27-31-112-34-37-115-83-73(91-51(6)97)76(122-57(12)103)66(40-50(5)96)68(127-83)45-118-54(9)100)44-72(109)88-28-32-113-35-38-116-84-74(92-52(7)98)79(125-60(15)106)77(123-58(13)104)69(128-84)46-119-55(10)101/h18-21,48-49,64-70,73-80,83-85H,17,22-25,27-47H2,1-16H3,(H,87,108)(H,88,109)(H,89,111)(H,90,110)(H,91,97)(H,92,98)(H,93,99). The first-order valence-corrected chi connectivity index (χ1v) is 44.5. The lowest BCUT2D eigenvalue weighted by Crippen LogP contribution is -2.66. The Kier molecular flexibility index (Phi) is 50.4. The van der Waals surface area contributed by atoms with E-state index in [1.165, 1.54) is 39.5 Å². The Morgan fingerprint density at radius 3 is 1.22 bits per heavy atom. The van der Waals surface area contributed by atoms with Gasteiger partial charge in [0.25, 0.3) is 8.53 Å². The van der Waals surface area contributed by atoms with Crippen LogP contribution in [-0.2, 0) is 179 Å². The molecule has 3 heterocycles. The number of hydrogen-bond acceptors (Lipinski definition) is 38. The minimum atomic E-state index is -1.49. The third kappa shape index (κ3) is 41.6. The Morgan fingerprint density at radius 1 is 0.450 bits per heavy atom. The molecule has 736 valence electrons. The van der Waals surface area contributed by atoms with Gasteiger partial charge in [-0.2, -0.15) is 5.26 Å². The van der Waals surface area contributed by atoms with E-state index in [2.05, 4.69) is 75.7 Å². The van der Waals surface area contributed by atoms with Crippen molar-refractivity contribution in [2.75, 3.05) is 119 Å². The van der Waals surface area contributed by atoms with Gasteiger partial charge in [-0.05, 0) is 77.8 Å². The van der Waals surface area contributed by atoms with Crippen molar-refractivity contribution in [2.45, 2.75) is 272 Å². The molecular formula is C85H131N10O35P. The van der Waals surface area contributed by atoms with Gasteiger partial charge in [0.2, 0.25) is 41.4 Å². The van der Waals surface area contributed by atoms with Crippen LogP contribution in [0.15, 0.2) is 24.3 Å². The van der Waals surface area contributed by atoms with Crippen LogP contribution >= 0.6 is 8.53 Å². The molecule has 131 heavy (non-hydrogen) atoms. The number of amides is 7. The quantitative estimate of drug-likeness (QED) is 0.0201. The lowest BCUT2D eigenvalue weighted by molar-refractivity contribution is -0.279. The van der Waals surface area contributed by atoms with Crippen LogP contribution in [0.1, 0.15) is 160 Å². The number of rotatable bonds is 56. The lowest BCUT2D eigenvalue weighted by atomic mass is 9.84. The first-order valence-electron chi connectivity index (χ1n) is 43.4. The van der Waals surface area contributed by atoms with E-state index < -0.39 is 216 Å². The number of benzene rings is 1. The van der Waals surface area contributed by atoms with E-state index in [9.17, 15) is 77.2 Å². The molecule has 7 amide bonds. The first kappa shape index (κ1) is 112. The number of nitriles is 1. The van der Waals surface area contributed by atoms with Gasteiger partial charge in [0.05, 0.1) is 104 Å². The average molecular weight is 1880 g/mol. The van der Waals surface area contributed by atoms with Crippen molar-refractivity contribution in [1.82, 2.24) is 46.8 Å². The minimum Gasteiger partial charge on any atom is -0.463 e. The molecule has 1 saturated carbocycles. The Bertz CT molecular complexity index is 3800. The maximum atomic E-state index is 15.0. The maximum absolute atomic E-state index is 15.0. The number of esters is 8. The highest BCUT2D eigenvalue weighted by molar-refractivity contribution is 7.44. The summed E-state index contributed by atoms with van der Waals surface area (Å²) < 4.78 is 112. The number of carbonyl (C=O) groups excluding carboxylic acids is 16. The molecule has 4 aliphatic rings. The van der Waals surface area contributed by atoms with Gasteiger partial charge >= 0.3 is 47.8 Å². The Morgan fingerprint density at radius 2 is 0.832 bits per heavy atom. The highest BCUT2D eigenvalue weighted by Crippen LogP contribution is 2.49. The van der Waals surface area contributed by atoms with Crippen LogP contribution in [0.3, 0.4) is 0 Å². The molecule has 0 spiro atoms. The Hall–Kier alpha value is -9.66. The summed E-state index contributed by atoms with van der Waals surface area (Å²) in [5, 5.41) is 28.5. The lowest BCUT2D eigenvalue weighted by Gasteiger charge is -2.45. The molecule has 1 aliphatic carbocycles. The van der Waals surface area contributed by atoms with Crippen molar-refractivity contribution in [3.05, 3.63) is 35.4 Å². The molecule has 45 nitrogen and oxygen atoms in total. The van der Waals surface area contributed by atoms with E-state index in [4.69, 9.17) is 89.6 Å². The first-order chi connectivity index (χ1) is 62.1. The fourth-order valence-electron chi connectivity index (χ4n) is 14.9. The summed E-state index contributed by atoms with van der Waals surface area (Å²) in [6.45, 7) is 17.5. The zero-order valence-corrected chi connectivity index (χ0v) is 78.2. The molecule has 1 aromatic rings. The molecular weight excluding hydrogens is 1750 g/mol. The molecule has 7 N–H and O–H groups in total. The predicted molar refractivity (Wildman–Crippen MR) is 454 cm³/mol. The number of ketones is 1. The third-order valence-electron chi connectivity index (χ3n) is 20.2. The van der Waals surface area contributed by atoms with Crippen LogP contribution in [0.5, 0.6) is 0 Å². The number of hydrogen-bond donors (Lipinski definition) is 7. The van der Waals surface area contributed by atoms with Gasteiger partial charge in [-0.25, -0.2) is 4.67 Å². The molecule has 5 rings (SSSR count). The van der Waals surface area contributed by atoms with E-state index in [-0.39, 0.29) is 154 Å². The van der Waals surface area contributed by atoms with Gasteiger partial charge in [0.15, 0.2) is 43.3 Å². The number of Topliss-reactive ketones (excluding diaryl/α,β-unsaturated/α-hetero) is 1. The Balaban J connectivity index is 1.40. The largest absolute Gasteiger partial charge is 0.463 e. The molecule has 0 bridgehead atoms. The molecule has 0 aromatic heterocycles. The van der Waals surface area contributed by atoms with E-state index >= 15 is 4.79 Å². The van der Waals surface area contributed by atoms with Gasteiger partial charge in [-0.1, -0.05) is 24.3 Å². The number of nitrogens with one attached hydrogen (secondary N) is 7. The molecule has 17 atom stereocenters. The zero-order valence-electron chi connectivity index (χ0n) is 77.3. The summed E-state index contributed by atoms with van der Waals surface area (Å²) in [6.07, 6.45) is -12.5. The van der Waals surface area contributed by atoms with Gasteiger partial charge < -0.3 is 132 Å². The average Bonchev–Trinajstić information content (AvgIpc) is 0.795. The van der Waals surface area contributed by atoms with E-state index in [0.29, 0.717) is 36.8 Å². The summed E-state index contributed by atoms with van der Waals surface area (Å²) >= 11 is 0. The highest BCUT2D eigenvalue weighted by Gasteiger charge is 2.54. The molecule has 46 heteroatoms. The fourth-order valence-corrected chi connectivity index (χ4v) is 16.7. The van der Waals surface area contributed by atoms with E-state index in [1.807, 2.05) is 0 Å². The van der Waals surface area contributed by atoms with E-state index in [0.717, 1.165) is 48.5 Å². The van der Waals surface area contributed by atoms with Gasteiger partial charge in [0, 0.05) is 133 Å². The van der Waals surface area contributed by atoms with Crippen LogP contribution < -0.4 is 37.2 Å². The predicted octanol–water partition coefficient (Wildman–Crippen LogP) is 0.447. The minimum absolute atomic E-state index is 0.103. The number of carbonyl (C=O) groups is 16. The van der Waals surface area contributed by atoms with Crippen LogP contribution in [0.2, 0.25) is 0 Å². The van der Waals surface area contributed by atoms with Crippen molar-refractivity contribution >= 4 is 103 Å². The Labute approximate surface area is 762 Å². The second kappa shape index (κ2) is 59.1. The topological polar surface area (TPSA) is 563 Å². The van der Waals surface area contributed by atoms with Gasteiger partial charge in [0.1, 0.15) is 68.1 Å². The monoisotopic (exact) mass is 1880 g/mol. The number of ether oxygens (including phenoxy) is 17. The molecule has 4 fully saturated rings. The van der Waals surface area contributed by atoms with Crippen LogP contribution in [0, 0.1) is 23.2 Å². The van der Waals surface area contributed by atoms with Crippen LogP contribution in [-0.4, -0.2) is 333 Å². The van der Waals surface area contributed by atoms with Crippen LogP contribution in [0.4, 0.5) is 0 Å². The molecule has 3 aliphatic heterocycles.